The van der Waals surface area contributed by atoms with E-state index >= 15 is 0 Å². The molecule has 0 unspecified atom stereocenters. The highest BCUT2D eigenvalue weighted by molar-refractivity contribution is 6.36. The topological polar surface area (TPSA) is 114 Å². The number of carbonyl (C=O) groups excluding carboxylic acids is 1. The van der Waals surface area contributed by atoms with Gasteiger partial charge in [-0.25, -0.2) is 9.97 Å². The second-order valence-corrected chi connectivity index (χ2v) is 6.86. The first-order valence-corrected chi connectivity index (χ1v) is 9.18. The SMILES string of the molecule is COc1ccc(C)cc1Nc1ncnc(NNC(=O)c2ccc(Cl)cc2Cl)c1N. The highest BCUT2D eigenvalue weighted by atomic mass is 35.5. The Morgan fingerprint density at radius 3 is 2.59 bits per heavy atom. The normalized spacial score (nSPS) is 10.3. The van der Waals surface area contributed by atoms with Gasteiger partial charge in [0.15, 0.2) is 11.6 Å². The molecule has 0 spiro atoms. The van der Waals surface area contributed by atoms with Gasteiger partial charge in [0.2, 0.25) is 0 Å². The van der Waals surface area contributed by atoms with E-state index in [1.807, 2.05) is 25.1 Å². The van der Waals surface area contributed by atoms with E-state index in [1.165, 1.54) is 18.5 Å². The van der Waals surface area contributed by atoms with Crippen molar-refractivity contribution in [1.82, 2.24) is 15.4 Å². The molecule has 1 amide bonds. The van der Waals surface area contributed by atoms with Crippen LogP contribution in [0.25, 0.3) is 0 Å². The molecule has 0 aliphatic heterocycles. The summed E-state index contributed by atoms with van der Waals surface area (Å²) in [5, 5.41) is 3.77. The van der Waals surface area contributed by atoms with Crippen LogP contribution in [0.15, 0.2) is 42.7 Å². The number of aryl methyl sites for hydroxylation is 1. The summed E-state index contributed by atoms with van der Waals surface area (Å²) in [6.07, 6.45) is 1.31. The minimum atomic E-state index is -0.473. The molecule has 0 aliphatic carbocycles. The maximum absolute atomic E-state index is 12.3. The molecular weight excluding hydrogens is 415 g/mol. The third-order valence-corrected chi connectivity index (χ3v) is 4.51. The molecule has 0 radical (unpaired) electrons. The number of hydrogen-bond donors (Lipinski definition) is 4. The summed E-state index contributed by atoms with van der Waals surface area (Å²) >= 11 is 11.9. The third kappa shape index (κ3) is 4.79. The number of halogens is 2. The zero-order valence-corrected chi connectivity index (χ0v) is 17.1. The molecule has 29 heavy (non-hydrogen) atoms. The van der Waals surface area contributed by atoms with Crippen molar-refractivity contribution >= 4 is 52.1 Å². The van der Waals surface area contributed by atoms with E-state index in [-0.39, 0.29) is 22.1 Å². The quantitative estimate of drug-likeness (QED) is 0.431. The minimum Gasteiger partial charge on any atom is -0.495 e. The van der Waals surface area contributed by atoms with Crippen LogP contribution in [-0.2, 0) is 0 Å². The number of rotatable bonds is 6. The Morgan fingerprint density at radius 2 is 1.86 bits per heavy atom. The maximum atomic E-state index is 12.3. The fourth-order valence-electron chi connectivity index (χ4n) is 2.50. The molecule has 10 heteroatoms. The molecule has 0 fully saturated rings. The van der Waals surface area contributed by atoms with E-state index in [2.05, 4.69) is 26.1 Å². The zero-order chi connectivity index (χ0) is 21.0. The summed E-state index contributed by atoms with van der Waals surface area (Å²) < 4.78 is 5.35. The lowest BCUT2D eigenvalue weighted by atomic mass is 10.2. The number of benzene rings is 2. The summed E-state index contributed by atoms with van der Waals surface area (Å²) in [7, 11) is 1.57. The van der Waals surface area contributed by atoms with Crippen LogP contribution < -0.4 is 26.6 Å². The summed E-state index contributed by atoms with van der Waals surface area (Å²) in [6.45, 7) is 1.96. The highest BCUT2D eigenvalue weighted by Crippen LogP contribution is 2.31. The molecule has 5 N–H and O–H groups in total. The van der Waals surface area contributed by atoms with Crippen LogP contribution in [0.4, 0.5) is 23.0 Å². The Balaban J connectivity index is 1.77. The van der Waals surface area contributed by atoms with Gasteiger partial charge in [-0.1, -0.05) is 29.3 Å². The maximum Gasteiger partial charge on any atom is 0.271 e. The summed E-state index contributed by atoms with van der Waals surface area (Å²) in [5.74, 6) is 0.728. The van der Waals surface area contributed by atoms with Crippen LogP contribution in [0, 0.1) is 6.92 Å². The summed E-state index contributed by atoms with van der Waals surface area (Å²) in [4.78, 5) is 20.6. The van der Waals surface area contributed by atoms with Gasteiger partial charge in [-0.3, -0.25) is 15.6 Å². The van der Waals surface area contributed by atoms with Gasteiger partial charge in [-0.05, 0) is 42.8 Å². The van der Waals surface area contributed by atoms with Crippen molar-refractivity contribution in [3.8, 4) is 5.75 Å². The number of hydrazine groups is 1. The van der Waals surface area contributed by atoms with Gasteiger partial charge < -0.3 is 15.8 Å². The van der Waals surface area contributed by atoms with E-state index < -0.39 is 5.91 Å². The summed E-state index contributed by atoms with van der Waals surface area (Å²) in [6, 6.07) is 10.2. The lowest BCUT2D eigenvalue weighted by molar-refractivity contribution is 0.0962. The second kappa shape index (κ2) is 8.85. The number of nitrogens with one attached hydrogen (secondary N) is 3. The molecule has 2 aromatic carbocycles. The average Bonchev–Trinajstić information content (AvgIpc) is 2.68. The van der Waals surface area contributed by atoms with E-state index in [0.29, 0.717) is 22.3 Å². The van der Waals surface area contributed by atoms with Gasteiger partial charge in [0.25, 0.3) is 5.91 Å². The van der Waals surface area contributed by atoms with Crippen LogP contribution in [-0.4, -0.2) is 23.0 Å². The standard InChI is InChI=1S/C19H18Cl2N6O2/c1-10-3-6-15(29-2)14(7-10)25-17-16(22)18(24-9-23-17)26-27-19(28)12-5-4-11(20)8-13(12)21/h3-9H,22H2,1-2H3,(H,27,28)(H2,23,24,25,26). The van der Waals surface area contributed by atoms with Crippen molar-refractivity contribution in [3.05, 3.63) is 63.9 Å². The van der Waals surface area contributed by atoms with Crippen molar-refractivity contribution in [1.29, 1.82) is 0 Å². The molecule has 1 aromatic heterocycles. The van der Waals surface area contributed by atoms with Crippen molar-refractivity contribution in [2.75, 3.05) is 23.6 Å². The number of hydrogen-bond acceptors (Lipinski definition) is 7. The van der Waals surface area contributed by atoms with Crippen LogP contribution in [0.1, 0.15) is 15.9 Å². The number of nitrogens with zero attached hydrogens (tertiary/aromatic N) is 2. The fourth-order valence-corrected chi connectivity index (χ4v) is 2.99. The molecule has 3 rings (SSSR count). The fraction of sp³-hybridized carbons (Fsp3) is 0.105. The lowest BCUT2D eigenvalue weighted by Crippen LogP contribution is -2.30. The first kappa shape index (κ1) is 20.5. The molecule has 0 aliphatic rings. The Labute approximate surface area is 177 Å². The molecule has 1 heterocycles. The summed E-state index contributed by atoms with van der Waals surface area (Å²) in [5.41, 5.74) is 13.5. The molecule has 150 valence electrons. The molecular formula is C19H18Cl2N6O2. The van der Waals surface area contributed by atoms with Crippen LogP contribution in [0.3, 0.4) is 0 Å². The molecule has 0 bridgehead atoms. The predicted octanol–water partition coefficient (Wildman–Crippen LogP) is 4.18. The average molecular weight is 433 g/mol. The van der Waals surface area contributed by atoms with Crippen molar-refractivity contribution in [3.63, 3.8) is 0 Å². The lowest BCUT2D eigenvalue weighted by Gasteiger charge is -2.15. The Hall–Kier alpha value is -3.23. The van der Waals surface area contributed by atoms with Gasteiger partial charge in [0.05, 0.1) is 23.4 Å². The van der Waals surface area contributed by atoms with Gasteiger partial charge in [-0.15, -0.1) is 0 Å². The first-order chi connectivity index (χ1) is 13.9. The number of nitrogens with two attached hydrogens (primary N) is 1. The van der Waals surface area contributed by atoms with E-state index in [4.69, 9.17) is 33.7 Å². The zero-order valence-electron chi connectivity index (χ0n) is 15.6. The van der Waals surface area contributed by atoms with Crippen LogP contribution in [0.5, 0.6) is 5.75 Å². The van der Waals surface area contributed by atoms with Crippen molar-refractivity contribution in [2.45, 2.75) is 6.92 Å². The largest absolute Gasteiger partial charge is 0.495 e. The Kier molecular flexibility index (Phi) is 6.26. The first-order valence-electron chi connectivity index (χ1n) is 8.42. The van der Waals surface area contributed by atoms with Gasteiger partial charge >= 0.3 is 0 Å². The number of nitrogen functional groups attached to an aromatic ring is 1. The molecule has 0 saturated heterocycles. The van der Waals surface area contributed by atoms with Crippen molar-refractivity contribution in [2.24, 2.45) is 0 Å². The molecule has 3 aromatic rings. The number of methoxy groups -OCH3 is 1. The van der Waals surface area contributed by atoms with Crippen LogP contribution >= 0.6 is 23.2 Å². The predicted molar refractivity (Wildman–Crippen MR) is 115 cm³/mol. The Morgan fingerprint density at radius 1 is 1.10 bits per heavy atom. The smallest absolute Gasteiger partial charge is 0.271 e. The number of ether oxygens (including phenoxy) is 1. The van der Waals surface area contributed by atoms with E-state index in [9.17, 15) is 4.79 Å². The minimum absolute atomic E-state index is 0.207. The molecule has 0 atom stereocenters. The third-order valence-electron chi connectivity index (χ3n) is 3.96. The molecule has 0 saturated carbocycles. The number of aromatic nitrogens is 2. The number of carbonyl (C=O) groups is 1. The van der Waals surface area contributed by atoms with Crippen LogP contribution in [0.2, 0.25) is 10.0 Å². The number of anilines is 4. The highest BCUT2D eigenvalue weighted by Gasteiger charge is 2.14. The number of amides is 1. The second-order valence-electron chi connectivity index (χ2n) is 6.02. The van der Waals surface area contributed by atoms with E-state index in [0.717, 1.165) is 5.56 Å². The Bertz CT molecular complexity index is 1060. The van der Waals surface area contributed by atoms with Gasteiger partial charge in [0.1, 0.15) is 17.8 Å². The van der Waals surface area contributed by atoms with Gasteiger partial charge in [-0.2, -0.15) is 0 Å². The monoisotopic (exact) mass is 432 g/mol. The van der Waals surface area contributed by atoms with Gasteiger partial charge in [0, 0.05) is 5.02 Å². The van der Waals surface area contributed by atoms with Crippen molar-refractivity contribution < 1.29 is 9.53 Å². The molecule has 8 nitrogen and oxygen atoms in total. The van der Waals surface area contributed by atoms with E-state index in [1.54, 1.807) is 13.2 Å².